The lowest BCUT2D eigenvalue weighted by molar-refractivity contribution is -0.162. The molecule has 2 aromatic rings. The van der Waals surface area contributed by atoms with E-state index >= 15 is 0 Å². The minimum Gasteiger partial charge on any atom is -0.484 e. The van der Waals surface area contributed by atoms with Gasteiger partial charge in [-0.05, 0) is 23.6 Å². The van der Waals surface area contributed by atoms with Gasteiger partial charge in [-0.25, -0.2) is 0 Å². The molecule has 2 atom stereocenters. The van der Waals surface area contributed by atoms with Gasteiger partial charge in [0.1, 0.15) is 11.8 Å². The van der Waals surface area contributed by atoms with Gasteiger partial charge in [-0.3, -0.25) is 19.2 Å². The zero-order valence-electron chi connectivity index (χ0n) is 22.4. The van der Waals surface area contributed by atoms with Crippen molar-refractivity contribution in [3.05, 3.63) is 64.1 Å². The lowest BCUT2D eigenvalue weighted by Gasteiger charge is -2.27. The Morgan fingerprint density at radius 2 is 1.55 bits per heavy atom. The highest BCUT2D eigenvalue weighted by atomic mass is 35.5. The third-order valence-corrected chi connectivity index (χ3v) is 6.47. The highest BCUT2D eigenvalue weighted by Crippen LogP contribution is 2.26. The number of benzene rings is 2. The average Bonchev–Trinajstić information content (AvgIpc) is 2.91. The lowest BCUT2D eigenvalue weighted by atomic mass is 9.94. The van der Waals surface area contributed by atoms with Crippen LogP contribution in [0.1, 0.15) is 25.8 Å². The van der Waals surface area contributed by atoms with E-state index in [0.29, 0.717) is 5.56 Å². The minimum atomic E-state index is -4.75. The molecule has 0 saturated carbocycles. The Labute approximate surface area is 248 Å². The molecule has 0 heterocycles. The molecule has 3 N–H and O–H groups in total. The summed E-state index contributed by atoms with van der Waals surface area (Å²) in [6.45, 7) is 0.894. The second-order valence-corrected chi connectivity index (χ2v) is 10.3. The van der Waals surface area contributed by atoms with Crippen molar-refractivity contribution in [2.75, 3.05) is 13.2 Å². The van der Waals surface area contributed by atoms with Gasteiger partial charge in [0.25, 0.3) is 11.8 Å². The largest absolute Gasteiger partial charge is 0.484 e. The second kappa shape index (κ2) is 15.1. The van der Waals surface area contributed by atoms with Gasteiger partial charge < -0.3 is 20.7 Å². The molecule has 15 heteroatoms. The maximum absolute atomic E-state index is 14.7. The van der Waals surface area contributed by atoms with E-state index < -0.39 is 73.2 Å². The maximum atomic E-state index is 14.7. The molecule has 42 heavy (non-hydrogen) atoms. The van der Waals surface area contributed by atoms with Crippen LogP contribution >= 0.6 is 23.2 Å². The van der Waals surface area contributed by atoms with Crippen molar-refractivity contribution in [1.29, 1.82) is 0 Å². The number of nitrogens with one attached hydrogen (secondary N) is 3. The van der Waals surface area contributed by atoms with Gasteiger partial charge in [-0.15, -0.1) is 0 Å². The molecular formula is C27H28Cl2F5N3O5. The molecule has 0 saturated heterocycles. The summed E-state index contributed by atoms with van der Waals surface area (Å²) in [5, 5.41) is 6.41. The van der Waals surface area contributed by atoms with Crippen LogP contribution in [-0.2, 0) is 25.6 Å². The van der Waals surface area contributed by atoms with E-state index in [1.54, 1.807) is 30.3 Å². The van der Waals surface area contributed by atoms with Gasteiger partial charge in [0.05, 0.1) is 22.5 Å². The summed E-state index contributed by atoms with van der Waals surface area (Å²) in [4.78, 5) is 50.5. The van der Waals surface area contributed by atoms with Crippen LogP contribution in [0.5, 0.6) is 5.75 Å². The van der Waals surface area contributed by atoms with Crippen molar-refractivity contribution in [2.45, 2.75) is 50.9 Å². The first-order chi connectivity index (χ1) is 19.5. The third-order valence-electron chi connectivity index (χ3n) is 5.73. The number of amides is 3. The molecule has 0 bridgehead atoms. The fourth-order valence-corrected chi connectivity index (χ4v) is 3.82. The summed E-state index contributed by atoms with van der Waals surface area (Å²) in [5.41, 5.74) is 0.574. The van der Waals surface area contributed by atoms with E-state index in [1.807, 2.05) is 0 Å². The molecule has 0 aliphatic rings. The maximum Gasteiger partial charge on any atom is 0.390 e. The van der Waals surface area contributed by atoms with Gasteiger partial charge >= 0.3 is 12.1 Å². The van der Waals surface area contributed by atoms with Crippen molar-refractivity contribution in [2.24, 2.45) is 5.92 Å². The van der Waals surface area contributed by atoms with Crippen LogP contribution in [0.4, 0.5) is 22.0 Å². The molecule has 8 nitrogen and oxygen atoms in total. The molecule has 0 aliphatic heterocycles. The molecular weight excluding hydrogens is 612 g/mol. The fraction of sp³-hybridized carbons (Fsp3) is 0.407. The van der Waals surface area contributed by atoms with Crippen molar-refractivity contribution >= 4 is 46.7 Å². The molecule has 0 aliphatic carbocycles. The number of ketones is 1. The van der Waals surface area contributed by atoms with E-state index in [0.717, 1.165) is 0 Å². The summed E-state index contributed by atoms with van der Waals surface area (Å²) in [6.07, 6.45) is -6.41. The van der Waals surface area contributed by atoms with Crippen molar-refractivity contribution in [3.8, 4) is 5.75 Å². The molecule has 1 unspecified atom stereocenters. The Balaban J connectivity index is 2.17. The zero-order chi connectivity index (χ0) is 31.7. The van der Waals surface area contributed by atoms with Gasteiger partial charge in [0.15, 0.2) is 6.61 Å². The third kappa shape index (κ3) is 10.8. The lowest BCUT2D eigenvalue weighted by Crippen LogP contribution is -2.59. The molecule has 230 valence electrons. The number of ether oxygens (including phenoxy) is 1. The number of rotatable bonds is 14. The first-order valence-electron chi connectivity index (χ1n) is 12.5. The van der Waals surface area contributed by atoms with E-state index in [-0.39, 0.29) is 22.2 Å². The van der Waals surface area contributed by atoms with Gasteiger partial charge in [0.2, 0.25) is 11.7 Å². The first-order valence-corrected chi connectivity index (χ1v) is 13.3. The van der Waals surface area contributed by atoms with Crippen molar-refractivity contribution < 1.29 is 45.9 Å². The monoisotopic (exact) mass is 639 g/mol. The molecule has 2 aromatic carbocycles. The molecule has 3 amide bonds. The Morgan fingerprint density at radius 1 is 0.905 bits per heavy atom. The van der Waals surface area contributed by atoms with E-state index in [1.165, 1.54) is 37.4 Å². The van der Waals surface area contributed by atoms with E-state index in [9.17, 15) is 41.1 Å². The second-order valence-electron chi connectivity index (χ2n) is 9.46. The van der Waals surface area contributed by atoms with E-state index in [4.69, 9.17) is 27.9 Å². The van der Waals surface area contributed by atoms with Crippen molar-refractivity contribution in [3.63, 3.8) is 0 Å². The number of hydrogen-bond acceptors (Lipinski definition) is 5. The SMILES string of the molecule is CC(C)[C@H](NC(=O)C(Cc1ccccc1)NC(=O)COc1ccc(Cl)c(Cl)c1)C(=O)C(F)(F)C(=O)NCCC(F)(F)F. The number of halogens is 7. The van der Waals surface area contributed by atoms with Crippen LogP contribution in [0.3, 0.4) is 0 Å². The Kier molecular flexibility index (Phi) is 12.5. The van der Waals surface area contributed by atoms with Crippen LogP contribution in [0, 0.1) is 5.92 Å². The van der Waals surface area contributed by atoms with Gasteiger partial charge in [0, 0.05) is 19.0 Å². The standard InChI is InChI=1S/C27H28Cl2F5N3O5/c1-15(2)22(23(39)27(33,34)25(41)35-11-10-26(30,31)32)37-24(40)20(12-16-6-4-3-5-7-16)36-21(38)14-42-17-8-9-18(28)19(29)13-17/h3-9,13,15,20,22H,10-12,14H2,1-2H3,(H,35,41)(H,36,38)(H,37,40)/t20?,22-/m0/s1. The number of carbonyl (C=O) groups is 4. The van der Waals surface area contributed by atoms with Crippen LogP contribution in [0.15, 0.2) is 48.5 Å². The van der Waals surface area contributed by atoms with Gasteiger partial charge in [-0.2, -0.15) is 22.0 Å². The summed E-state index contributed by atoms with van der Waals surface area (Å²) in [5.74, 6) is -11.6. The first kappa shape index (κ1) is 34.7. The zero-order valence-corrected chi connectivity index (χ0v) is 23.9. The molecule has 2 rings (SSSR count). The number of hydrogen-bond donors (Lipinski definition) is 3. The molecule has 0 spiro atoms. The fourth-order valence-electron chi connectivity index (χ4n) is 3.54. The summed E-state index contributed by atoms with van der Waals surface area (Å²) < 4.78 is 71.7. The predicted octanol–water partition coefficient (Wildman–Crippen LogP) is 4.51. The Bertz CT molecular complexity index is 1260. The summed E-state index contributed by atoms with van der Waals surface area (Å²) >= 11 is 11.8. The highest BCUT2D eigenvalue weighted by molar-refractivity contribution is 6.42. The van der Waals surface area contributed by atoms with Crippen LogP contribution in [0.2, 0.25) is 10.0 Å². The smallest absolute Gasteiger partial charge is 0.390 e. The normalized spacial score (nSPS) is 13.2. The van der Waals surface area contributed by atoms with Crippen LogP contribution < -0.4 is 20.7 Å². The van der Waals surface area contributed by atoms with Crippen LogP contribution in [-0.4, -0.2) is 60.8 Å². The topological polar surface area (TPSA) is 114 Å². The van der Waals surface area contributed by atoms with Crippen molar-refractivity contribution in [1.82, 2.24) is 16.0 Å². The van der Waals surface area contributed by atoms with E-state index in [2.05, 4.69) is 10.6 Å². The number of Topliss-reactive ketones (excluding diaryl/α,β-unsaturated/α-hetero) is 1. The Hall–Kier alpha value is -3.45. The average molecular weight is 640 g/mol. The quantitative estimate of drug-likeness (QED) is 0.208. The minimum absolute atomic E-state index is 0.113. The molecule has 0 radical (unpaired) electrons. The highest BCUT2D eigenvalue weighted by Gasteiger charge is 2.51. The number of alkyl halides is 5. The molecule has 0 aromatic heterocycles. The molecule has 0 fully saturated rings. The van der Waals surface area contributed by atoms with Gasteiger partial charge in [-0.1, -0.05) is 67.4 Å². The predicted molar refractivity (Wildman–Crippen MR) is 144 cm³/mol. The summed E-state index contributed by atoms with van der Waals surface area (Å²) in [6, 6.07) is 9.28. The number of carbonyl (C=O) groups excluding carboxylic acids is 4. The van der Waals surface area contributed by atoms with Crippen LogP contribution in [0.25, 0.3) is 0 Å². The Morgan fingerprint density at radius 3 is 2.12 bits per heavy atom. The summed E-state index contributed by atoms with van der Waals surface area (Å²) in [7, 11) is 0.